The van der Waals surface area contributed by atoms with Crippen LogP contribution in [0.3, 0.4) is 0 Å². The topological polar surface area (TPSA) is 111 Å². The highest BCUT2D eigenvalue weighted by Gasteiger charge is 2.37. The molecule has 134 valence electrons. The summed E-state index contributed by atoms with van der Waals surface area (Å²) in [7, 11) is -1.28. The lowest BCUT2D eigenvalue weighted by Gasteiger charge is -2.29. The zero-order chi connectivity index (χ0) is 18.4. The Morgan fingerprint density at radius 2 is 2.16 bits per heavy atom. The minimum Gasteiger partial charge on any atom is -0.534 e. The Hall–Kier alpha value is -1.82. The highest BCUT2D eigenvalue weighted by molar-refractivity contribution is 14.1. The number of rotatable bonds is 6. The van der Waals surface area contributed by atoms with Gasteiger partial charge in [0.15, 0.2) is 0 Å². The van der Waals surface area contributed by atoms with Crippen molar-refractivity contribution in [1.29, 1.82) is 0 Å². The maximum absolute atomic E-state index is 12.1. The number of benzene rings is 1. The van der Waals surface area contributed by atoms with Crippen molar-refractivity contribution >= 4 is 45.6 Å². The molecule has 0 fully saturated rings. The van der Waals surface area contributed by atoms with Gasteiger partial charge in [0.2, 0.25) is 12.7 Å². The number of carbonyl (C=O) groups is 3. The van der Waals surface area contributed by atoms with E-state index in [0.29, 0.717) is 24.8 Å². The first-order valence-corrected chi connectivity index (χ1v) is 8.75. The van der Waals surface area contributed by atoms with Gasteiger partial charge in [-0.05, 0) is 24.5 Å². The molecule has 25 heavy (non-hydrogen) atoms. The molecular weight excluding hydrogens is 444 g/mol. The fourth-order valence-electron chi connectivity index (χ4n) is 2.42. The van der Waals surface area contributed by atoms with E-state index in [4.69, 9.17) is 9.39 Å². The van der Waals surface area contributed by atoms with Crippen molar-refractivity contribution in [2.24, 2.45) is 0 Å². The van der Waals surface area contributed by atoms with Gasteiger partial charge in [-0.15, -0.1) is 0 Å². The highest BCUT2D eigenvalue weighted by atomic mass is 127. The monoisotopic (exact) mass is 461 g/mol. The summed E-state index contributed by atoms with van der Waals surface area (Å²) in [6, 6.07) is 4.86. The van der Waals surface area contributed by atoms with Crippen molar-refractivity contribution in [3.63, 3.8) is 0 Å². The molecule has 2 rings (SSSR count). The van der Waals surface area contributed by atoms with Crippen LogP contribution in [0.1, 0.15) is 35.7 Å². The normalized spacial score (nSPS) is 15.6. The van der Waals surface area contributed by atoms with Crippen LogP contribution in [0, 0.1) is 0 Å². The number of carbonyl (C=O) groups excluding carboxylic acids is 3. The van der Waals surface area contributed by atoms with Crippen molar-refractivity contribution < 1.29 is 33.5 Å². The lowest BCUT2D eigenvalue weighted by Crippen LogP contribution is -2.53. The van der Waals surface area contributed by atoms with Gasteiger partial charge in [-0.3, -0.25) is 4.79 Å². The number of esters is 1. The van der Waals surface area contributed by atoms with E-state index in [9.17, 15) is 19.4 Å². The average molecular weight is 461 g/mol. The quantitative estimate of drug-likeness (QED) is 0.218. The Bertz CT molecular complexity index is 669. The van der Waals surface area contributed by atoms with Gasteiger partial charge in [-0.25, -0.2) is 9.59 Å². The third-order valence-corrected chi connectivity index (χ3v) is 3.84. The lowest BCUT2D eigenvalue weighted by molar-refractivity contribution is -0.121. The number of ether oxygens (including phenoxy) is 2. The van der Waals surface area contributed by atoms with E-state index in [2.05, 4.69) is 10.1 Å². The lowest BCUT2D eigenvalue weighted by atomic mass is 9.72. The Kier molecular flexibility index (Phi) is 7.06. The molecule has 0 unspecified atom stereocenters. The van der Waals surface area contributed by atoms with E-state index in [1.807, 2.05) is 6.92 Å². The van der Waals surface area contributed by atoms with Crippen molar-refractivity contribution in [2.45, 2.75) is 32.1 Å². The maximum atomic E-state index is 12.1. The van der Waals surface area contributed by atoms with Gasteiger partial charge in [0.05, 0.1) is 28.5 Å². The minimum atomic E-state index is -1.28. The number of hydrogen-bond acceptors (Lipinski definition) is 7. The first kappa shape index (κ1) is 19.5. The molecule has 1 atom stereocenters. The van der Waals surface area contributed by atoms with E-state index < -0.39 is 29.8 Å². The SMILES string of the molecule is CCCC(=O)N[C@H]1Cc2cccc(C(=O)OCOC(=O)I)c2OB1O. The molecule has 1 amide bonds. The number of halogens is 1. The van der Waals surface area contributed by atoms with Crippen LogP contribution in [0.25, 0.3) is 0 Å². The number of nitrogens with one attached hydrogen (secondary N) is 1. The number of hydrogen-bond donors (Lipinski definition) is 2. The Morgan fingerprint density at radius 3 is 2.84 bits per heavy atom. The van der Waals surface area contributed by atoms with Crippen LogP contribution in [-0.4, -0.2) is 40.7 Å². The Labute approximate surface area is 158 Å². The van der Waals surface area contributed by atoms with Crippen LogP contribution in [0.5, 0.6) is 5.75 Å². The molecule has 0 saturated heterocycles. The molecule has 0 spiro atoms. The smallest absolute Gasteiger partial charge is 0.534 e. The molecule has 0 aromatic heterocycles. The fourth-order valence-corrected chi connectivity index (χ4v) is 2.55. The molecule has 0 saturated carbocycles. The molecule has 1 aliphatic heterocycles. The van der Waals surface area contributed by atoms with E-state index >= 15 is 0 Å². The Balaban J connectivity index is 2.10. The molecule has 10 heteroatoms. The maximum Gasteiger partial charge on any atom is 0.547 e. The van der Waals surface area contributed by atoms with E-state index in [0.717, 1.165) is 0 Å². The number of amides is 1. The average Bonchev–Trinajstić information content (AvgIpc) is 2.54. The third-order valence-electron chi connectivity index (χ3n) is 3.52. The summed E-state index contributed by atoms with van der Waals surface area (Å²) >= 11 is 1.41. The molecule has 8 nitrogen and oxygen atoms in total. The van der Waals surface area contributed by atoms with Crippen LogP contribution < -0.4 is 9.97 Å². The van der Waals surface area contributed by atoms with E-state index in [1.165, 1.54) is 28.7 Å². The molecule has 0 aliphatic carbocycles. The van der Waals surface area contributed by atoms with Gasteiger partial charge >= 0.3 is 17.1 Å². The van der Waals surface area contributed by atoms with Crippen LogP contribution in [0.2, 0.25) is 0 Å². The van der Waals surface area contributed by atoms with Crippen LogP contribution in [0.15, 0.2) is 18.2 Å². The van der Waals surface area contributed by atoms with Crippen molar-refractivity contribution in [2.75, 3.05) is 6.79 Å². The summed E-state index contributed by atoms with van der Waals surface area (Å²) in [5, 5.41) is 12.8. The largest absolute Gasteiger partial charge is 0.547 e. The molecule has 1 aromatic carbocycles. The molecule has 0 bridgehead atoms. The highest BCUT2D eigenvalue weighted by Crippen LogP contribution is 2.30. The van der Waals surface area contributed by atoms with Crippen LogP contribution >= 0.6 is 22.6 Å². The van der Waals surface area contributed by atoms with Gasteiger partial charge in [-0.1, -0.05) is 19.1 Å². The van der Waals surface area contributed by atoms with Crippen molar-refractivity contribution in [3.05, 3.63) is 29.3 Å². The van der Waals surface area contributed by atoms with Gasteiger partial charge < -0.3 is 24.5 Å². The van der Waals surface area contributed by atoms with E-state index in [1.54, 1.807) is 12.1 Å². The molecule has 0 radical (unpaired) electrons. The second-order valence-electron chi connectivity index (χ2n) is 5.36. The summed E-state index contributed by atoms with van der Waals surface area (Å²) < 4.78 is 14.2. The predicted molar refractivity (Wildman–Crippen MR) is 96.4 cm³/mol. The third kappa shape index (κ3) is 5.33. The molecule has 1 aromatic rings. The predicted octanol–water partition coefficient (Wildman–Crippen LogP) is 1.61. The van der Waals surface area contributed by atoms with Crippen LogP contribution in [-0.2, 0) is 20.7 Å². The zero-order valence-corrected chi connectivity index (χ0v) is 15.6. The second kappa shape index (κ2) is 9.04. The summed E-state index contributed by atoms with van der Waals surface area (Å²) in [5.41, 5.74) is 0.770. The van der Waals surface area contributed by atoms with Gasteiger partial charge in [0, 0.05) is 6.42 Å². The minimum absolute atomic E-state index is 0.111. The summed E-state index contributed by atoms with van der Waals surface area (Å²) in [6.07, 6.45) is 1.37. The first-order chi connectivity index (χ1) is 11.9. The van der Waals surface area contributed by atoms with Crippen molar-refractivity contribution in [3.8, 4) is 5.75 Å². The number of fused-ring (bicyclic) bond motifs is 1. The van der Waals surface area contributed by atoms with Crippen LogP contribution in [0.4, 0.5) is 4.79 Å². The molecular formula is C15H17BINO7. The molecule has 1 aliphatic rings. The Morgan fingerprint density at radius 1 is 1.40 bits per heavy atom. The molecule has 1 heterocycles. The summed E-state index contributed by atoms with van der Waals surface area (Å²) in [6.45, 7) is 1.37. The molecule has 2 N–H and O–H groups in total. The van der Waals surface area contributed by atoms with E-state index in [-0.39, 0.29) is 17.2 Å². The number of para-hydroxylation sites is 1. The summed E-state index contributed by atoms with van der Waals surface area (Å²) in [4.78, 5) is 34.5. The summed E-state index contributed by atoms with van der Waals surface area (Å²) in [5.74, 6) is -1.32. The second-order valence-corrected chi connectivity index (χ2v) is 6.24. The standard InChI is InChI=1S/C15H17BINO7/c1-2-4-12(19)18-11-7-9-5-3-6-10(13(9)25-16(11)22)14(20)23-8-24-15(17)21/h3,5-6,11,22H,2,4,7-8H2,1H3,(H,18,19)/t11-/m0/s1. The zero-order valence-electron chi connectivity index (χ0n) is 13.5. The van der Waals surface area contributed by atoms with Gasteiger partial charge in [0.1, 0.15) is 11.3 Å². The first-order valence-electron chi connectivity index (χ1n) is 7.67. The van der Waals surface area contributed by atoms with Crippen molar-refractivity contribution in [1.82, 2.24) is 5.32 Å². The van der Waals surface area contributed by atoms with Gasteiger partial charge in [-0.2, -0.15) is 0 Å². The van der Waals surface area contributed by atoms with Gasteiger partial charge in [0.25, 0.3) is 0 Å². The fraction of sp³-hybridized carbons (Fsp3) is 0.400.